The number of anilines is 1. The van der Waals surface area contributed by atoms with Gasteiger partial charge in [0.2, 0.25) is 0 Å². The minimum Gasteiger partial charge on any atom is -0.497 e. The number of fused-ring (bicyclic) bond motifs is 3. The molecule has 0 saturated heterocycles. The van der Waals surface area contributed by atoms with Gasteiger partial charge in [0.25, 0.3) is 0 Å². The van der Waals surface area contributed by atoms with Crippen LogP contribution in [-0.2, 0) is 15.1 Å². The second-order valence-electron chi connectivity index (χ2n) is 5.67. The van der Waals surface area contributed by atoms with Crippen LogP contribution in [0.3, 0.4) is 0 Å². The molecule has 0 spiro atoms. The Bertz CT molecular complexity index is 726. The SMILES string of the molecule is COC(=O)CC1(C)Nc2ccc(OC)cc2-c2ccccc21. The minimum absolute atomic E-state index is 0.234. The van der Waals surface area contributed by atoms with Crippen molar-refractivity contribution in [2.24, 2.45) is 0 Å². The van der Waals surface area contributed by atoms with Crippen LogP contribution in [0.5, 0.6) is 5.75 Å². The van der Waals surface area contributed by atoms with E-state index in [-0.39, 0.29) is 12.4 Å². The van der Waals surface area contributed by atoms with Gasteiger partial charge in [-0.05, 0) is 36.2 Å². The lowest BCUT2D eigenvalue weighted by Crippen LogP contribution is -2.37. The quantitative estimate of drug-likeness (QED) is 0.880. The third-order valence-corrected chi connectivity index (χ3v) is 4.17. The zero-order valence-electron chi connectivity index (χ0n) is 13.0. The van der Waals surface area contributed by atoms with Gasteiger partial charge in [0, 0.05) is 11.3 Å². The van der Waals surface area contributed by atoms with Gasteiger partial charge in [-0.2, -0.15) is 0 Å². The van der Waals surface area contributed by atoms with Gasteiger partial charge in [0.1, 0.15) is 5.75 Å². The van der Waals surface area contributed by atoms with E-state index in [2.05, 4.69) is 11.4 Å². The molecule has 0 saturated carbocycles. The Kier molecular flexibility index (Phi) is 3.53. The number of ether oxygens (including phenoxy) is 2. The maximum atomic E-state index is 11.8. The Hall–Kier alpha value is -2.49. The highest BCUT2D eigenvalue weighted by atomic mass is 16.5. The number of benzene rings is 2. The minimum atomic E-state index is -0.495. The Morgan fingerprint density at radius 3 is 2.64 bits per heavy atom. The number of carbonyl (C=O) groups excluding carboxylic acids is 1. The molecule has 2 aromatic carbocycles. The topological polar surface area (TPSA) is 47.6 Å². The highest BCUT2D eigenvalue weighted by Crippen LogP contribution is 2.45. The zero-order valence-corrected chi connectivity index (χ0v) is 13.0. The maximum Gasteiger partial charge on any atom is 0.308 e. The first kappa shape index (κ1) is 14.4. The number of carbonyl (C=O) groups is 1. The van der Waals surface area contributed by atoms with E-state index in [1.807, 2.05) is 43.3 Å². The van der Waals surface area contributed by atoms with Crippen LogP contribution in [0.1, 0.15) is 18.9 Å². The maximum absolute atomic E-state index is 11.8. The van der Waals surface area contributed by atoms with Crippen molar-refractivity contribution in [1.29, 1.82) is 0 Å². The molecule has 1 aliphatic rings. The standard InChI is InChI=1S/C18H19NO3/c1-18(11-17(20)22-3)15-7-5-4-6-13(15)14-10-12(21-2)8-9-16(14)19-18/h4-10,19H,11H2,1-3H3. The summed E-state index contributed by atoms with van der Waals surface area (Å²) >= 11 is 0. The van der Waals surface area contributed by atoms with Gasteiger partial charge in [-0.3, -0.25) is 4.79 Å². The zero-order chi connectivity index (χ0) is 15.7. The van der Waals surface area contributed by atoms with Crippen LogP contribution in [0.4, 0.5) is 5.69 Å². The summed E-state index contributed by atoms with van der Waals surface area (Å²) in [5.41, 5.74) is 3.77. The first-order valence-electron chi connectivity index (χ1n) is 7.20. The molecule has 22 heavy (non-hydrogen) atoms. The van der Waals surface area contributed by atoms with Crippen molar-refractivity contribution in [1.82, 2.24) is 0 Å². The van der Waals surface area contributed by atoms with E-state index in [9.17, 15) is 4.79 Å². The van der Waals surface area contributed by atoms with Gasteiger partial charge in [0.15, 0.2) is 0 Å². The molecule has 0 bridgehead atoms. The van der Waals surface area contributed by atoms with Crippen LogP contribution in [0.15, 0.2) is 42.5 Å². The lowest BCUT2D eigenvalue weighted by atomic mass is 9.79. The molecule has 0 aliphatic carbocycles. The molecule has 1 heterocycles. The monoisotopic (exact) mass is 297 g/mol. The summed E-state index contributed by atoms with van der Waals surface area (Å²) in [6.07, 6.45) is 0.270. The Labute approximate surface area is 130 Å². The van der Waals surface area contributed by atoms with Crippen LogP contribution in [0.25, 0.3) is 11.1 Å². The molecule has 4 nitrogen and oxygen atoms in total. The fourth-order valence-electron chi connectivity index (χ4n) is 3.05. The first-order chi connectivity index (χ1) is 10.6. The number of hydrogen-bond donors (Lipinski definition) is 1. The van der Waals surface area contributed by atoms with Gasteiger partial charge in [-0.1, -0.05) is 24.3 Å². The molecule has 2 aromatic rings. The molecule has 1 atom stereocenters. The predicted molar refractivity (Wildman–Crippen MR) is 86.0 cm³/mol. The summed E-state index contributed by atoms with van der Waals surface area (Å²) in [5.74, 6) is 0.577. The lowest BCUT2D eigenvalue weighted by Gasteiger charge is -2.38. The molecule has 1 unspecified atom stereocenters. The van der Waals surface area contributed by atoms with Gasteiger partial charge < -0.3 is 14.8 Å². The second-order valence-corrected chi connectivity index (χ2v) is 5.67. The second kappa shape index (κ2) is 5.37. The van der Waals surface area contributed by atoms with Gasteiger partial charge in [-0.25, -0.2) is 0 Å². The summed E-state index contributed by atoms with van der Waals surface area (Å²) in [4.78, 5) is 11.8. The largest absolute Gasteiger partial charge is 0.497 e. The van der Waals surface area contributed by atoms with Crippen LogP contribution in [0.2, 0.25) is 0 Å². The van der Waals surface area contributed by atoms with Crippen LogP contribution < -0.4 is 10.1 Å². The van der Waals surface area contributed by atoms with Crippen LogP contribution >= 0.6 is 0 Å². The molecule has 0 fully saturated rings. The molecule has 0 radical (unpaired) electrons. The van der Waals surface area contributed by atoms with E-state index in [0.29, 0.717) is 0 Å². The fraction of sp³-hybridized carbons (Fsp3) is 0.278. The number of methoxy groups -OCH3 is 2. The summed E-state index contributed by atoms with van der Waals surface area (Å²) in [5, 5.41) is 3.49. The van der Waals surface area contributed by atoms with Crippen LogP contribution in [-0.4, -0.2) is 20.2 Å². The van der Waals surface area contributed by atoms with Gasteiger partial charge >= 0.3 is 5.97 Å². The van der Waals surface area contributed by atoms with Gasteiger partial charge in [0.05, 0.1) is 26.2 Å². The fourth-order valence-corrected chi connectivity index (χ4v) is 3.05. The summed E-state index contributed by atoms with van der Waals surface area (Å²) in [7, 11) is 3.07. The molecule has 3 rings (SSSR count). The summed E-state index contributed by atoms with van der Waals surface area (Å²) in [6.45, 7) is 2.02. The van der Waals surface area contributed by atoms with Crippen molar-refractivity contribution < 1.29 is 14.3 Å². The Balaban J connectivity index is 2.15. The molecular formula is C18H19NO3. The van der Waals surface area contributed by atoms with E-state index in [4.69, 9.17) is 9.47 Å². The van der Waals surface area contributed by atoms with E-state index in [0.717, 1.165) is 28.1 Å². The molecular weight excluding hydrogens is 278 g/mol. The van der Waals surface area contributed by atoms with Crippen molar-refractivity contribution >= 4 is 11.7 Å². The van der Waals surface area contributed by atoms with Crippen molar-refractivity contribution in [3.63, 3.8) is 0 Å². The third kappa shape index (κ3) is 2.30. The molecule has 4 heteroatoms. The molecule has 0 amide bonds. The number of esters is 1. The molecule has 1 aliphatic heterocycles. The highest BCUT2D eigenvalue weighted by Gasteiger charge is 2.36. The van der Waals surface area contributed by atoms with E-state index >= 15 is 0 Å². The Morgan fingerprint density at radius 2 is 1.91 bits per heavy atom. The average molecular weight is 297 g/mol. The van der Waals surface area contributed by atoms with E-state index < -0.39 is 5.54 Å². The van der Waals surface area contributed by atoms with Crippen molar-refractivity contribution in [2.45, 2.75) is 18.9 Å². The first-order valence-corrected chi connectivity index (χ1v) is 7.20. The number of nitrogens with one attached hydrogen (secondary N) is 1. The van der Waals surface area contributed by atoms with E-state index in [1.165, 1.54) is 7.11 Å². The number of rotatable bonds is 3. The van der Waals surface area contributed by atoms with Crippen LogP contribution in [0, 0.1) is 0 Å². The smallest absolute Gasteiger partial charge is 0.308 e. The number of hydrogen-bond acceptors (Lipinski definition) is 4. The van der Waals surface area contributed by atoms with Crippen molar-refractivity contribution in [3.8, 4) is 16.9 Å². The molecule has 1 N–H and O–H groups in total. The Morgan fingerprint density at radius 1 is 1.14 bits per heavy atom. The molecule has 114 valence electrons. The average Bonchev–Trinajstić information content (AvgIpc) is 2.54. The van der Waals surface area contributed by atoms with Crippen molar-refractivity contribution in [2.75, 3.05) is 19.5 Å². The molecule has 0 aromatic heterocycles. The van der Waals surface area contributed by atoms with E-state index in [1.54, 1.807) is 7.11 Å². The van der Waals surface area contributed by atoms with Crippen molar-refractivity contribution in [3.05, 3.63) is 48.0 Å². The third-order valence-electron chi connectivity index (χ3n) is 4.17. The predicted octanol–water partition coefficient (Wildman–Crippen LogP) is 3.57. The van der Waals surface area contributed by atoms with Gasteiger partial charge in [-0.15, -0.1) is 0 Å². The highest BCUT2D eigenvalue weighted by molar-refractivity contribution is 5.87. The summed E-state index contributed by atoms with van der Waals surface area (Å²) in [6, 6.07) is 14.0. The normalized spacial score (nSPS) is 18.7. The summed E-state index contributed by atoms with van der Waals surface area (Å²) < 4.78 is 10.2. The lowest BCUT2D eigenvalue weighted by molar-refractivity contribution is -0.141.